The second-order valence-electron chi connectivity index (χ2n) is 2.95. The number of carboxylic acid groups (broad SMARTS) is 1. The summed E-state index contributed by atoms with van der Waals surface area (Å²) in [5, 5.41) is 16.0. The van der Waals surface area contributed by atoms with Crippen molar-refractivity contribution in [2.45, 2.75) is 33.6 Å². The SMILES string of the molecule is CC(=O)O.CC=CCCC(C)CO. The van der Waals surface area contributed by atoms with Gasteiger partial charge in [-0.3, -0.25) is 4.79 Å². The molecular formula is C10H20O3. The monoisotopic (exact) mass is 188 g/mol. The quantitative estimate of drug-likeness (QED) is 0.664. The van der Waals surface area contributed by atoms with Crippen molar-refractivity contribution in [1.29, 1.82) is 0 Å². The molecule has 1 atom stereocenters. The molecule has 0 aliphatic rings. The number of carboxylic acids is 1. The van der Waals surface area contributed by atoms with Gasteiger partial charge in [0.15, 0.2) is 0 Å². The van der Waals surface area contributed by atoms with E-state index in [0.717, 1.165) is 19.8 Å². The molecule has 0 aliphatic heterocycles. The van der Waals surface area contributed by atoms with E-state index in [0.29, 0.717) is 12.5 Å². The molecule has 0 fully saturated rings. The summed E-state index contributed by atoms with van der Waals surface area (Å²) >= 11 is 0. The fraction of sp³-hybridized carbons (Fsp3) is 0.700. The van der Waals surface area contributed by atoms with Crippen LogP contribution in [0.15, 0.2) is 12.2 Å². The van der Waals surface area contributed by atoms with E-state index in [1.54, 1.807) is 0 Å². The van der Waals surface area contributed by atoms with Gasteiger partial charge in [-0.15, -0.1) is 0 Å². The van der Waals surface area contributed by atoms with Crippen molar-refractivity contribution in [2.75, 3.05) is 6.61 Å². The number of hydrogen-bond donors (Lipinski definition) is 2. The Morgan fingerprint density at radius 1 is 1.54 bits per heavy atom. The van der Waals surface area contributed by atoms with Crippen LogP contribution in [0.4, 0.5) is 0 Å². The van der Waals surface area contributed by atoms with E-state index < -0.39 is 5.97 Å². The summed E-state index contributed by atoms with van der Waals surface area (Å²) in [7, 11) is 0. The maximum Gasteiger partial charge on any atom is 0.300 e. The molecule has 0 bridgehead atoms. The molecule has 0 rings (SSSR count). The molecule has 1 unspecified atom stereocenters. The maximum atomic E-state index is 9.00. The smallest absolute Gasteiger partial charge is 0.300 e. The first kappa shape index (κ1) is 14.7. The molecule has 0 heterocycles. The molecule has 3 heteroatoms. The molecule has 3 nitrogen and oxygen atoms in total. The number of carbonyl (C=O) groups is 1. The van der Waals surface area contributed by atoms with Crippen LogP contribution in [0.5, 0.6) is 0 Å². The van der Waals surface area contributed by atoms with Gasteiger partial charge in [0.1, 0.15) is 0 Å². The third kappa shape index (κ3) is 24.7. The Kier molecular flexibility index (Phi) is 12.6. The molecule has 0 aromatic heterocycles. The van der Waals surface area contributed by atoms with E-state index in [-0.39, 0.29) is 0 Å². The summed E-state index contributed by atoms with van der Waals surface area (Å²) in [6.45, 7) is 5.48. The van der Waals surface area contributed by atoms with Crippen LogP contribution in [0, 0.1) is 5.92 Å². The normalized spacial score (nSPS) is 12.0. The highest BCUT2D eigenvalue weighted by Gasteiger charge is 1.95. The Bertz CT molecular complexity index is 137. The van der Waals surface area contributed by atoms with E-state index in [1.165, 1.54) is 0 Å². The van der Waals surface area contributed by atoms with Crippen LogP contribution in [0.25, 0.3) is 0 Å². The van der Waals surface area contributed by atoms with Crippen molar-refractivity contribution >= 4 is 5.97 Å². The lowest BCUT2D eigenvalue weighted by Crippen LogP contribution is -1.98. The van der Waals surface area contributed by atoms with Crippen LogP contribution in [0.1, 0.15) is 33.6 Å². The summed E-state index contributed by atoms with van der Waals surface area (Å²) in [5.41, 5.74) is 0. The van der Waals surface area contributed by atoms with Crippen LogP contribution in [-0.2, 0) is 4.79 Å². The molecule has 0 aromatic carbocycles. The first-order valence-corrected chi connectivity index (χ1v) is 4.46. The Labute approximate surface area is 80.1 Å². The van der Waals surface area contributed by atoms with Crippen molar-refractivity contribution < 1.29 is 15.0 Å². The van der Waals surface area contributed by atoms with Crippen molar-refractivity contribution in [3.63, 3.8) is 0 Å². The highest BCUT2D eigenvalue weighted by molar-refractivity contribution is 5.62. The molecular weight excluding hydrogens is 168 g/mol. The van der Waals surface area contributed by atoms with Crippen LogP contribution in [0.3, 0.4) is 0 Å². The molecule has 0 spiro atoms. The molecule has 78 valence electrons. The van der Waals surface area contributed by atoms with Gasteiger partial charge in [0.2, 0.25) is 0 Å². The lowest BCUT2D eigenvalue weighted by atomic mass is 10.1. The molecule has 0 amide bonds. The topological polar surface area (TPSA) is 57.5 Å². The minimum Gasteiger partial charge on any atom is -0.481 e. The van der Waals surface area contributed by atoms with Crippen molar-refractivity contribution in [1.82, 2.24) is 0 Å². The van der Waals surface area contributed by atoms with Crippen molar-refractivity contribution in [3.8, 4) is 0 Å². The maximum absolute atomic E-state index is 9.00. The molecule has 13 heavy (non-hydrogen) atoms. The highest BCUT2D eigenvalue weighted by Crippen LogP contribution is 2.03. The fourth-order valence-electron chi connectivity index (χ4n) is 0.639. The van der Waals surface area contributed by atoms with E-state index in [2.05, 4.69) is 13.0 Å². The van der Waals surface area contributed by atoms with Gasteiger partial charge in [0.25, 0.3) is 5.97 Å². The number of allylic oxidation sites excluding steroid dienone is 2. The summed E-state index contributed by atoms with van der Waals surface area (Å²) in [5.74, 6) is -0.374. The Balaban J connectivity index is 0. The minimum absolute atomic E-state index is 0.317. The number of aliphatic hydroxyl groups is 1. The predicted molar refractivity (Wildman–Crippen MR) is 53.6 cm³/mol. The molecule has 0 saturated carbocycles. The molecule has 2 N–H and O–H groups in total. The van der Waals surface area contributed by atoms with Gasteiger partial charge >= 0.3 is 0 Å². The number of aliphatic carboxylic acids is 1. The van der Waals surface area contributed by atoms with Crippen LogP contribution >= 0.6 is 0 Å². The average Bonchev–Trinajstić information content (AvgIpc) is 2.03. The number of rotatable bonds is 4. The zero-order chi connectivity index (χ0) is 10.7. The van der Waals surface area contributed by atoms with E-state index in [4.69, 9.17) is 15.0 Å². The second kappa shape index (κ2) is 11.2. The minimum atomic E-state index is -0.833. The van der Waals surface area contributed by atoms with Gasteiger partial charge in [-0.05, 0) is 25.7 Å². The summed E-state index contributed by atoms with van der Waals surface area (Å²) in [4.78, 5) is 9.00. The molecule has 0 radical (unpaired) electrons. The van der Waals surface area contributed by atoms with Crippen LogP contribution in [0.2, 0.25) is 0 Å². The molecule has 0 aliphatic carbocycles. The number of hydrogen-bond acceptors (Lipinski definition) is 2. The number of aliphatic hydroxyl groups excluding tert-OH is 1. The highest BCUT2D eigenvalue weighted by atomic mass is 16.4. The lowest BCUT2D eigenvalue weighted by molar-refractivity contribution is -0.134. The molecule has 0 saturated heterocycles. The van der Waals surface area contributed by atoms with Crippen molar-refractivity contribution in [2.24, 2.45) is 5.92 Å². The largest absolute Gasteiger partial charge is 0.481 e. The first-order valence-electron chi connectivity index (χ1n) is 4.46. The third-order valence-electron chi connectivity index (χ3n) is 1.37. The van der Waals surface area contributed by atoms with Gasteiger partial charge in [-0.25, -0.2) is 0 Å². The second-order valence-corrected chi connectivity index (χ2v) is 2.95. The van der Waals surface area contributed by atoms with E-state index in [1.807, 2.05) is 13.0 Å². The van der Waals surface area contributed by atoms with Crippen LogP contribution < -0.4 is 0 Å². The lowest BCUT2D eigenvalue weighted by Gasteiger charge is -2.02. The Hall–Kier alpha value is -0.830. The van der Waals surface area contributed by atoms with E-state index in [9.17, 15) is 0 Å². The first-order chi connectivity index (χ1) is 6.04. The van der Waals surface area contributed by atoms with Crippen LogP contribution in [-0.4, -0.2) is 22.8 Å². The predicted octanol–water partition coefficient (Wildman–Crippen LogP) is 2.06. The zero-order valence-corrected chi connectivity index (χ0v) is 8.66. The van der Waals surface area contributed by atoms with Gasteiger partial charge in [0.05, 0.1) is 0 Å². The van der Waals surface area contributed by atoms with Gasteiger partial charge in [0, 0.05) is 13.5 Å². The fourth-order valence-corrected chi connectivity index (χ4v) is 0.639. The summed E-state index contributed by atoms with van der Waals surface area (Å²) in [6, 6.07) is 0. The average molecular weight is 188 g/mol. The molecule has 0 aromatic rings. The van der Waals surface area contributed by atoms with E-state index >= 15 is 0 Å². The standard InChI is InChI=1S/C8H16O.C2H4O2/c1-3-4-5-6-8(2)7-9;1-2(3)4/h3-4,8-9H,5-7H2,1-2H3;1H3,(H,3,4). The Morgan fingerprint density at radius 3 is 2.31 bits per heavy atom. The van der Waals surface area contributed by atoms with Gasteiger partial charge in [-0.1, -0.05) is 19.1 Å². The van der Waals surface area contributed by atoms with Gasteiger partial charge in [-0.2, -0.15) is 0 Å². The van der Waals surface area contributed by atoms with Crippen molar-refractivity contribution in [3.05, 3.63) is 12.2 Å². The third-order valence-corrected chi connectivity index (χ3v) is 1.37. The Morgan fingerprint density at radius 2 is 2.00 bits per heavy atom. The summed E-state index contributed by atoms with van der Waals surface area (Å²) in [6.07, 6.45) is 6.37. The summed E-state index contributed by atoms with van der Waals surface area (Å²) < 4.78 is 0. The zero-order valence-electron chi connectivity index (χ0n) is 8.66. The van der Waals surface area contributed by atoms with Gasteiger partial charge < -0.3 is 10.2 Å².